The lowest BCUT2D eigenvalue weighted by atomic mass is 10.1. The molecule has 0 bridgehead atoms. The highest BCUT2D eigenvalue weighted by Crippen LogP contribution is 2.34. The monoisotopic (exact) mass is 694 g/mol. The van der Waals surface area contributed by atoms with E-state index in [1.807, 2.05) is 43.3 Å². The van der Waals surface area contributed by atoms with Gasteiger partial charge in [0.15, 0.2) is 23.9 Å². The lowest BCUT2D eigenvalue weighted by molar-refractivity contribution is -0.118. The van der Waals surface area contributed by atoms with Gasteiger partial charge >= 0.3 is 0 Å². The maximum Gasteiger partial charge on any atom is 0.282 e. The minimum Gasteiger partial charge on any atom is -0.490 e. The summed E-state index contributed by atoms with van der Waals surface area (Å²) in [5.41, 5.74) is 2.37. The third-order valence-corrected chi connectivity index (χ3v) is 7.54. The standard InChI is InChI=1S/C36H28BrFN4O5/c1-3-8-23-15-22(16-31(45-4-2)34(23)46-21-33(43)40-27-10-7-9-26(38)19-27)20-39-42-35(41-29-12-6-5-11-28(29)36(42)44)32-18-24-17-25(37)13-14-30(24)47-32/h3,5-7,9-20H,1,4,8,21H2,2H3,(H,40,43). The second-order valence-electron chi connectivity index (χ2n) is 10.4. The quantitative estimate of drug-likeness (QED) is 0.110. The molecule has 1 N–H and O–H groups in total. The van der Waals surface area contributed by atoms with E-state index in [0.717, 1.165) is 9.86 Å². The van der Waals surface area contributed by atoms with Gasteiger partial charge in [-0.15, -0.1) is 6.58 Å². The van der Waals surface area contributed by atoms with Gasteiger partial charge in [-0.2, -0.15) is 9.78 Å². The van der Waals surface area contributed by atoms with Crippen molar-refractivity contribution in [2.75, 3.05) is 18.5 Å². The summed E-state index contributed by atoms with van der Waals surface area (Å²) in [5, 5.41) is 8.43. The van der Waals surface area contributed by atoms with Gasteiger partial charge in [0.25, 0.3) is 11.5 Å². The summed E-state index contributed by atoms with van der Waals surface area (Å²) in [7, 11) is 0. The van der Waals surface area contributed by atoms with Gasteiger partial charge in [-0.3, -0.25) is 9.59 Å². The molecule has 6 rings (SSSR count). The van der Waals surface area contributed by atoms with E-state index in [2.05, 4.69) is 32.9 Å². The minimum atomic E-state index is -0.470. The average molecular weight is 696 g/mol. The second kappa shape index (κ2) is 13.8. The van der Waals surface area contributed by atoms with Gasteiger partial charge in [-0.05, 0) is 85.6 Å². The molecule has 1 amide bonds. The van der Waals surface area contributed by atoms with Gasteiger partial charge in [-0.25, -0.2) is 9.37 Å². The molecule has 6 aromatic rings. The van der Waals surface area contributed by atoms with Crippen LogP contribution in [0.4, 0.5) is 10.1 Å². The van der Waals surface area contributed by atoms with Crippen LogP contribution in [0.2, 0.25) is 0 Å². The van der Waals surface area contributed by atoms with Gasteiger partial charge in [0, 0.05) is 21.1 Å². The molecule has 0 aliphatic heterocycles. The van der Waals surface area contributed by atoms with Crippen molar-refractivity contribution < 1.29 is 23.1 Å². The van der Waals surface area contributed by atoms with Crippen LogP contribution in [0.25, 0.3) is 33.5 Å². The van der Waals surface area contributed by atoms with Crippen LogP contribution >= 0.6 is 15.9 Å². The minimum absolute atomic E-state index is 0.234. The molecule has 9 nitrogen and oxygen atoms in total. The summed E-state index contributed by atoms with van der Waals surface area (Å²) < 4.78 is 33.6. The van der Waals surface area contributed by atoms with Crippen LogP contribution in [0.1, 0.15) is 18.1 Å². The Balaban J connectivity index is 1.37. The fourth-order valence-corrected chi connectivity index (χ4v) is 5.41. The molecule has 0 fully saturated rings. The maximum absolute atomic E-state index is 13.7. The van der Waals surface area contributed by atoms with Crippen LogP contribution < -0.4 is 20.3 Å². The third-order valence-electron chi connectivity index (χ3n) is 7.05. The van der Waals surface area contributed by atoms with E-state index >= 15 is 0 Å². The Bertz CT molecular complexity index is 2230. The van der Waals surface area contributed by atoms with Crippen LogP contribution in [0.3, 0.4) is 0 Å². The number of furan rings is 1. The Labute approximate surface area is 277 Å². The van der Waals surface area contributed by atoms with E-state index < -0.39 is 11.7 Å². The molecule has 0 spiro atoms. The largest absolute Gasteiger partial charge is 0.490 e. The molecule has 0 radical (unpaired) electrons. The van der Waals surface area contributed by atoms with Crippen LogP contribution in [-0.4, -0.2) is 35.0 Å². The Morgan fingerprint density at radius 3 is 2.74 bits per heavy atom. The molecule has 236 valence electrons. The number of carbonyl (C=O) groups is 1. The highest BCUT2D eigenvalue weighted by atomic mass is 79.9. The first kappa shape index (κ1) is 31.4. The van der Waals surface area contributed by atoms with Crippen LogP contribution in [0.5, 0.6) is 11.5 Å². The van der Waals surface area contributed by atoms with E-state index in [0.29, 0.717) is 63.6 Å². The average Bonchev–Trinajstić information content (AvgIpc) is 3.47. The van der Waals surface area contributed by atoms with Crippen LogP contribution in [0.15, 0.2) is 116 Å². The van der Waals surface area contributed by atoms with E-state index in [1.165, 1.54) is 29.1 Å². The summed E-state index contributed by atoms with van der Waals surface area (Å²) in [6.45, 7) is 5.65. The van der Waals surface area contributed by atoms with Crippen molar-refractivity contribution in [1.82, 2.24) is 9.66 Å². The molecule has 2 heterocycles. The predicted octanol–water partition coefficient (Wildman–Crippen LogP) is 7.74. The van der Waals surface area contributed by atoms with E-state index in [4.69, 9.17) is 18.9 Å². The van der Waals surface area contributed by atoms with Crippen molar-refractivity contribution in [3.8, 4) is 23.1 Å². The van der Waals surface area contributed by atoms with Crippen molar-refractivity contribution in [1.29, 1.82) is 0 Å². The molecule has 0 saturated heterocycles. The fraction of sp³-hybridized carbons (Fsp3) is 0.111. The van der Waals surface area contributed by atoms with E-state index in [1.54, 1.807) is 36.4 Å². The highest BCUT2D eigenvalue weighted by molar-refractivity contribution is 9.10. The highest BCUT2D eigenvalue weighted by Gasteiger charge is 2.18. The van der Waals surface area contributed by atoms with Gasteiger partial charge in [0.05, 0.1) is 23.7 Å². The summed E-state index contributed by atoms with van der Waals surface area (Å²) >= 11 is 3.48. The number of nitrogens with one attached hydrogen (secondary N) is 1. The molecule has 0 aliphatic rings. The zero-order valence-corrected chi connectivity index (χ0v) is 26.8. The van der Waals surface area contributed by atoms with Crippen molar-refractivity contribution in [2.24, 2.45) is 5.10 Å². The normalized spacial score (nSPS) is 11.3. The molecule has 47 heavy (non-hydrogen) atoms. The number of carbonyl (C=O) groups excluding carboxylic acids is 1. The molecule has 2 aromatic heterocycles. The number of hydrogen-bond acceptors (Lipinski definition) is 7. The first-order valence-electron chi connectivity index (χ1n) is 14.7. The van der Waals surface area contributed by atoms with Crippen molar-refractivity contribution >= 4 is 55.6 Å². The molecule has 0 atom stereocenters. The number of aromatic nitrogens is 2. The number of benzene rings is 4. The number of nitrogens with zero attached hydrogens (tertiary/aromatic N) is 3. The second-order valence-corrected chi connectivity index (χ2v) is 11.3. The number of rotatable bonds is 11. The summed E-state index contributed by atoms with van der Waals surface area (Å²) in [5.74, 6) is 0.406. The molecular weight excluding hydrogens is 667 g/mol. The molecule has 0 aliphatic carbocycles. The number of ether oxygens (including phenoxy) is 2. The van der Waals surface area contributed by atoms with Gasteiger partial charge < -0.3 is 19.2 Å². The third kappa shape index (κ3) is 7.00. The van der Waals surface area contributed by atoms with Gasteiger partial charge in [-0.1, -0.05) is 40.2 Å². The Kier molecular flexibility index (Phi) is 9.25. The van der Waals surface area contributed by atoms with Gasteiger partial charge in [0.2, 0.25) is 5.82 Å². The summed E-state index contributed by atoms with van der Waals surface area (Å²) in [6, 6.07) is 23.6. The zero-order chi connectivity index (χ0) is 32.9. The fourth-order valence-electron chi connectivity index (χ4n) is 5.03. The summed E-state index contributed by atoms with van der Waals surface area (Å²) in [6.07, 6.45) is 3.61. The Hall–Kier alpha value is -5.55. The number of amides is 1. The number of anilines is 1. The number of halogens is 2. The SMILES string of the molecule is C=CCc1cc(C=Nn2c(-c3cc4cc(Br)ccc4o3)nc3ccccc3c2=O)cc(OCC)c1OCC(=O)Nc1cccc(F)c1. The first-order valence-corrected chi connectivity index (χ1v) is 15.5. The molecule has 0 saturated carbocycles. The maximum atomic E-state index is 13.7. The van der Waals surface area contributed by atoms with E-state index in [9.17, 15) is 14.0 Å². The number of para-hydroxylation sites is 1. The Morgan fingerprint density at radius 2 is 1.94 bits per heavy atom. The summed E-state index contributed by atoms with van der Waals surface area (Å²) in [4.78, 5) is 31.1. The van der Waals surface area contributed by atoms with Crippen molar-refractivity contribution in [2.45, 2.75) is 13.3 Å². The van der Waals surface area contributed by atoms with Gasteiger partial charge in [0.1, 0.15) is 11.4 Å². The van der Waals surface area contributed by atoms with Crippen LogP contribution in [-0.2, 0) is 11.2 Å². The Morgan fingerprint density at radius 1 is 1.09 bits per heavy atom. The predicted molar refractivity (Wildman–Crippen MR) is 184 cm³/mol. The molecular formula is C36H28BrFN4O5. The first-order chi connectivity index (χ1) is 22.8. The van der Waals surface area contributed by atoms with E-state index in [-0.39, 0.29) is 18.0 Å². The zero-order valence-electron chi connectivity index (χ0n) is 25.2. The van der Waals surface area contributed by atoms with Crippen molar-refractivity contribution in [3.05, 3.63) is 129 Å². The molecule has 4 aromatic carbocycles. The molecule has 11 heteroatoms. The molecule has 0 unspecified atom stereocenters. The number of fused-ring (bicyclic) bond motifs is 2. The lowest BCUT2D eigenvalue weighted by Crippen LogP contribution is -2.21. The topological polar surface area (TPSA) is 108 Å². The number of allylic oxidation sites excluding steroid dienone is 1. The van der Waals surface area contributed by atoms with Crippen LogP contribution in [0, 0.1) is 5.82 Å². The smallest absolute Gasteiger partial charge is 0.282 e. The number of hydrogen-bond donors (Lipinski definition) is 1. The lowest BCUT2D eigenvalue weighted by Gasteiger charge is -2.16. The van der Waals surface area contributed by atoms with Crippen molar-refractivity contribution in [3.63, 3.8) is 0 Å².